The molecule has 1 fully saturated rings. The molecule has 1 aliphatic heterocycles. The standard InChI is InChI=1S/C13H19IN2OS/c14-12-4-5-13(15-10-12)17-8-3-1-2-6-16-7-9-18-11-16/h4-5,10H,1-3,6-9,11H2. The number of ether oxygens (including phenoxy) is 1. The maximum atomic E-state index is 5.60. The van der Waals surface area contributed by atoms with Crippen LogP contribution in [0, 0.1) is 3.57 Å². The van der Waals surface area contributed by atoms with Gasteiger partial charge in [0.1, 0.15) is 0 Å². The summed E-state index contributed by atoms with van der Waals surface area (Å²) >= 11 is 4.29. The van der Waals surface area contributed by atoms with E-state index in [1.165, 1.54) is 37.6 Å². The summed E-state index contributed by atoms with van der Waals surface area (Å²) in [7, 11) is 0. The van der Waals surface area contributed by atoms with Gasteiger partial charge >= 0.3 is 0 Å². The highest BCUT2D eigenvalue weighted by Crippen LogP contribution is 2.14. The van der Waals surface area contributed by atoms with E-state index >= 15 is 0 Å². The highest BCUT2D eigenvalue weighted by atomic mass is 127. The minimum Gasteiger partial charge on any atom is -0.478 e. The van der Waals surface area contributed by atoms with Crippen LogP contribution in [0.1, 0.15) is 19.3 Å². The smallest absolute Gasteiger partial charge is 0.213 e. The van der Waals surface area contributed by atoms with Gasteiger partial charge in [0.25, 0.3) is 0 Å². The number of aromatic nitrogens is 1. The van der Waals surface area contributed by atoms with Crippen molar-refractivity contribution in [3.05, 3.63) is 21.9 Å². The van der Waals surface area contributed by atoms with Crippen molar-refractivity contribution < 1.29 is 4.74 Å². The molecule has 3 nitrogen and oxygen atoms in total. The van der Waals surface area contributed by atoms with Crippen LogP contribution >= 0.6 is 34.4 Å². The van der Waals surface area contributed by atoms with E-state index < -0.39 is 0 Å². The minimum atomic E-state index is 0.742. The van der Waals surface area contributed by atoms with Crippen LogP contribution in [0.2, 0.25) is 0 Å². The first-order valence-corrected chi connectivity index (χ1v) is 8.62. The molecule has 100 valence electrons. The lowest BCUT2D eigenvalue weighted by Crippen LogP contribution is -2.20. The van der Waals surface area contributed by atoms with Crippen LogP contribution in [0.5, 0.6) is 5.88 Å². The SMILES string of the molecule is Ic1ccc(OCCCCCN2CCSC2)nc1. The molecule has 0 unspecified atom stereocenters. The second-order valence-corrected chi connectivity index (χ2v) is 6.70. The summed E-state index contributed by atoms with van der Waals surface area (Å²) in [6.45, 7) is 3.30. The van der Waals surface area contributed by atoms with E-state index in [9.17, 15) is 0 Å². The van der Waals surface area contributed by atoms with E-state index in [1.807, 2.05) is 30.1 Å². The van der Waals surface area contributed by atoms with Crippen molar-refractivity contribution in [3.8, 4) is 5.88 Å². The molecule has 0 spiro atoms. The molecule has 0 bridgehead atoms. The lowest BCUT2D eigenvalue weighted by atomic mass is 10.2. The van der Waals surface area contributed by atoms with Crippen LogP contribution in [-0.4, -0.2) is 41.2 Å². The van der Waals surface area contributed by atoms with E-state index in [-0.39, 0.29) is 0 Å². The van der Waals surface area contributed by atoms with Gasteiger partial charge in [-0.2, -0.15) is 0 Å². The molecule has 0 atom stereocenters. The average Bonchev–Trinajstić information content (AvgIpc) is 2.89. The number of pyridine rings is 1. The molecule has 2 heterocycles. The Kier molecular flexibility index (Phi) is 6.58. The number of unbranched alkanes of at least 4 members (excludes halogenated alkanes) is 2. The third-order valence-corrected chi connectivity index (χ3v) is 4.55. The Balaban J connectivity index is 1.49. The normalized spacial score (nSPS) is 16.1. The second kappa shape index (κ2) is 8.22. The number of nitrogens with zero attached hydrogens (tertiary/aromatic N) is 2. The molecule has 1 saturated heterocycles. The first-order valence-electron chi connectivity index (χ1n) is 6.39. The zero-order valence-corrected chi connectivity index (χ0v) is 13.5. The fourth-order valence-electron chi connectivity index (χ4n) is 1.87. The Labute approximate surface area is 127 Å². The Morgan fingerprint density at radius 1 is 1.33 bits per heavy atom. The summed E-state index contributed by atoms with van der Waals surface area (Å²) in [5.74, 6) is 3.27. The Morgan fingerprint density at radius 3 is 3.00 bits per heavy atom. The van der Waals surface area contributed by atoms with Crippen LogP contribution in [0.15, 0.2) is 18.3 Å². The van der Waals surface area contributed by atoms with Gasteiger partial charge in [-0.15, -0.1) is 11.8 Å². The minimum absolute atomic E-state index is 0.742. The van der Waals surface area contributed by atoms with Gasteiger partial charge in [0.15, 0.2) is 0 Å². The quantitative estimate of drug-likeness (QED) is 0.537. The zero-order chi connectivity index (χ0) is 12.6. The molecule has 18 heavy (non-hydrogen) atoms. The molecule has 0 radical (unpaired) electrons. The molecule has 0 saturated carbocycles. The monoisotopic (exact) mass is 378 g/mol. The Bertz CT molecular complexity index is 341. The van der Waals surface area contributed by atoms with Crippen molar-refractivity contribution in [2.45, 2.75) is 19.3 Å². The van der Waals surface area contributed by atoms with Crippen molar-refractivity contribution in [3.63, 3.8) is 0 Å². The number of hydrogen-bond acceptors (Lipinski definition) is 4. The molecule has 0 amide bonds. The highest BCUT2D eigenvalue weighted by molar-refractivity contribution is 14.1. The van der Waals surface area contributed by atoms with E-state index in [0.29, 0.717) is 0 Å². The van der Waals surface area contributed by atoms with Gasteiger partial charge in [-0.25, -0.2) is 4.98 Å². The van der Waals surface area contributed by atoms with Gasteiger partial charge in [0, 0.05) is 34.0 Å². The molecule has 0 aliphatic carbocycles. The molecule has 1 aromatic heterocycles. The van der Waals surface area contributed by atoms with Gasteiger partial charge in [-0.1, -0.05) is 0 Å². The molecule has 1 aromatic rings. The molecular weight excluding hydrogens is 359 g/mol. The molecule has 2 rings (SSSR count). The molecule has 0 N–H and O–H groups in total. The van der Waals surface area contributed by atoms with Gasteiger partial charge < -0.3 is 4.74 Å². The van der Waals surface area contributed by atoms with Crippen molar-refractivity contribution >= 4 is 34.4 Å². The van der Waals surface area contributed by atoms with Crippen molar-refractivity contribution in [2.24, 2.45) is 0 Å². The fraction of sp³-hybridized carbons (Fsp3) is 0.615. The fourth-order valence-corrected chi connectivity index (χ4v) is 3.22. The summed E-state index contributed by atoms with van der Waals surface area (Å²) in [5, 5.41) is 0. The van der Waals surface area contributed by atoms with Crippen LogP contribution in [-0.2, 0) is 0 Å². The number of hydrogen-bond donors (Lipinski definition) is 0. The first kappa shape index (κ1) is 14.4. The summed E-state index contributed by atoms with van der Waals surface area (Å²) in [6.07, 6.45) is 5.48. The molecular formula is C13H19IN2OS. The molecule has 1 aliphatic rings. The molecule has 5 heteroatoms. The largest absolute Gasteiger partial charge is 0.478 e. The van der Waals surface area contributed by atoms with Crippen molar-refractivity contribution in [1.82, 2.24) is 9.88 Å². The summed E-state index contributed by atoms with van der Waals surface area (Å²) in [4.78, 5) is 6.75. The number of rotatable bonds is 7. The first-order chi connectivity index (χ1) is 8.84. The van der Waals surface area contributed by atoms with Crippen molar-refractivity contribution in [2.75, 3.05) is 31.3 Å². The Hall–Kier alpha value is -0.0100. The topological polar surface area (TPSA) is 25.4 Å². The van der Waals surface area contributed by atoms with Crippen LogP contribution in [0.3, 0.4) is 0 Å². The third-order valence-electron chi connectivity index (χ3n) is 2.89. The van der Waals surface area contributed by atoms with E-state index in [4.69, 9.17) is 4.74 Å². The van der Waals surface area contributed by atoms with E-state index in [0.717, 1.165) is 22.5 Å². The maximum Gasteiger partial charge on any atom is 0.213 e. The lowest BCUT2D eigenvalue weighted by Gasteiger charge is -2.12. The summed E-state index contributed by atoms with van der Waals surface area (Å²) in [6, 6.07) is 3.96. The summed E-state index contributed by atoms with van der Waals surface area (Å²) < 4.78 is 6.74. The predicted octanol–water partition coefficient (Wildman–Crippen LogP) is 3.24. The second-order valence-electron chi connectivity index (χ2n) is 4.38. The van der Waals surface area contributed by atoms with Crippen LogP contribution in [0.4, 0.5) is 0 Å². The number of thioether (sulfide) groups is 1. The maximum absolute atomic E-state index is 5.60. The van der Waals surface area contributed by atoms with E-state index in [2.05, 4.69) is 32.5 Å². The summed E-state index contributed by atoms with van der Waals surface area (Å²) in [5.41, 5.74) is 0. The van der Waals surface area contributed by atoms with Crippen LogP contribution in [0.25, 0.3) is 0 Å². The van der Waals surface area contributed by atoms with Crippen molar-refractivity contribution in [1.29, 1.82) is 0 Å². The third kappa shape index (κ3) is 5.32. The lowest BCUT2D eigenvalue weighted by molar-refractivity contribution is 0.285. The molecule has 0 aromatic carbocycles. The number of halogens is 1. The highest BCUT2D eigenvalue weighted by Gasteiger charge is 2.10. The zero-order valence-electron chi connectivity index (χ0n) is 10.5. The van der Waals surface area contributed by atoms with Gasteiger partial charge in [-0.05, 0) is 54.5 Å². The average molecular weight is 378 g/mol. The van der Waals surface area contributed by atoms with Gasteiger partial charge in [-0.3, -0.25) is 4.90 Å². The van der Waals surface area contributed by atoms with Gasteiger partial charge in [0.05, 0.1) is 6.61 Å². The van der Waals surface area contributed by atoms with Crippen LogP contribution < -0.4 is 4.74 Å². The van der Waals surface area contributed by atoms with E-state index in [1.54, 1.807) is 0 Å². The van der Waals surface area contributed by atoms with Gasteiger partial charge in [0.2, 0.25) is 5.88 Å². The Morgan fingerprint density at radius 2 is 2.28 bits per heavy atom. The predicted molar refractivity (Wildman–Crippen MR) is 85.2 cm³/mol.